The van der Waals surface area contributed by atoms with Crippen molar-refractivity contribution in [2.75, 3.05) is 68.6 Å². The highest BCUT2D eigenvalue weighted by atomic mass is 19.4. The predicted molar refractivity (Wildman–Crippen MR) is 149 cm³/mol. The number of hydrogen-bond acceptors (Lipinski definition) is 8. The molecule has 2 aliphatic heterocycles. The number of pyridine rings is 1. The molecule has 2 aliphatic rings. The van der Waals surface area contributed by atoms with Crippen LogP contribution in [0.1, 0.15) is 28.8 Å². The van der Waals surface area contributed by atoms with E-state index >= 15 is 4.39 Å². The molecule has 2 N–H and O–H groups in total. The fourth-order valence-electron chi connectivity index (χ4n) is 5.24. The lowest BCUT2D eigenvalue weighted by molar-refractivity contribution is -0.138. The number of rotatable bonds is 6. The van der Waals surface area contributed by atoms with E-state index in [2.05, 4.69) is 25.2 Å². The standard InChI is InChI=1S/C28H31F4N7O3/c1-37(2)18-3-5-38(6-4-18)24-13-22(29)19(17-14-34-27(35-15-17)39-7-9-42-10-8-39)11-23(24)36-26(41)20-16-33-25(40)12-21(20)28(30,31)32/h11-16,18H,3-10H2,1-2H3,(H,33,40)(H,36,41). The minimum Gasteiger partial charge on any atom is -0.378 e. The second-order valence-electron chi connectivity index (χ2n) is 10.5. The first kappa shape index (κ1) is 29.5. The summed E-state index contributed by atoms with van der Waals surface area (Å²) < 4.78 is 62.0. The smallest absolute Gasteiger partial charge is 0.378 e. The molecule has 4 heterocycles. The van der Waals surface area contributed by atoms with Gasteiger partial charge in [-0.3, -0.25) is 9.59 Å². The summed E-state index contributed by atoms with van der Waals surface area (Å²) in [4.78, 5) is 41.7. The van der Waals surface area contributed by atoms with Crippen molar-refractivity contribution in [3.05, 3.63) is 64.1 Å². The monoisotopic (exact) mass is 589 g/mol. The average molecular weight is 590 g/mol. The van der Waals surface area contributed by atoms with Crippen LogP contribution in [0.4, 0.5) is 34.9 Å². The molecule has 5 rings (SSSR count). The first-order chi connectivity index (χ1) is 20.0. The SMILES string of the molecule is CN(C)C1CCN(c2cc(F)c(-c3cnc(N4CCOCC4)nc3)cc2NC(=O)c2c[nH]c(=O)cc2C(F)(F)F)CC1. The van der Waals surface area contributed by atoms with E-state index in [4.69, 9.17) is 4.74 Å². The number of aromatic nitrogens is 3. The van der Waals surface area contributed by atoms with Gasteiger partial charge in [0.25, 0.3) is 5.91 Å². The molecule has 0 saturated carbocycles. The van der Waals surface area contributed by atoms with Gasteiger partial charge in [0.1, 0.15) is 5.82 Å². The topological polar surface area (TPSA) is 107 Å². The van der Waals surface area contributed by atoms with Gasteiger partial charge in [0, 0.05) is 68.0 Å². The molecule has 2 aromatic heterocycles. The summed E-state index contributed by atoms with van der Waals surface area (Å²) in [5.41, 5.74) is -2.26. The summed E-state index contributed by atoms with van der Waals surface area (Å²) in [6.45, 7) is 3.42. The Bertz CT molecular complexity index is 1480. The number of carbonyl (C=O) groups excluding carboxylic acids is 1. The van der Waals surface area contributed by atoms with Crippen molar-refractivity contribution < 1.29 is 27.1 Å². The average Bonchev–Trinajstić information content (AvgIpc) is 2.98. The van der Waals surface area contributed by atoms with Crippen molar-refractivity contribution in [2.45, 2.75) is 25.1 Å². The van der Waals surface area contributed by atoms with Crippen LogP contribution in [0, 0.1) is 5.82 Å². The van der Waals surface area contributed by atoms with Gasteiger partial charge in [-0.1, -0.05) is 0 Å². The van der Waals surface area contributed by atoms with Crippen molar-refractivity contribution in [3.8, 4) is 11.1 Å². The van der Waals surface area contributed by atoms with Crippen LogP contribution >= 0.6 is 0 Å². The van der Waals surface area contributed by atoms with E-state index in [1.165, 1.54) is 24.5 Å². The maximum absolute atomic E-state index is 15.6. The maximum Gasteiger partial charge on any atom is 0.417 e. The molecule has 2 saturated heterocycles. The molecular formula is C28H31F4N7O3. The number of nitrogens with zero attached hydrogens (tertiary/aromatic N) is 5. The summed E-state index contributed by atoms with van der Waals surface area (Å²) in [5.74, 6) is -1.23. The molecule has 14 heteroatoms. The third-order valence-corrected chi connectivity index (χ3v) is 7.59. The van der Waals surface area contributed by atoms with Crippen LogP contribution < -0.4 is 20.7 Å². The lowest BCUT2D eigenvalue weighted by Gasteiger charge is -2.37. The third kappa shape index (κ3) is 6.39. The van der Waals surface area contributed by atoms with Gasteiger partial charge in [0.2, 0.25) is 11.5 Å². The normalized spacial score (nSPS) is 16.6. The molecule has 1 aromatic carbocycles. The zero-order valence-electron chi connectivity index (χ0n) is 23.2. The van der Waals surface area contributed by atoms with Crippen molar-refractivity contribution in [1.82, 2.24) is 19.9 Å². The number of piperidine rings is 1. The summed E-state index contributed by atoms with van der Waals surface area (Å²) in [5, 5.41) is 2.55. The van der Waals surface area contributed by atoms with Gasteiger partial charge in [-0.05, 0) is 39.1 Å². The van der Waals surface area contributed by atoms with Crippen LogP contribution in [-0.4, -0.2) is 85.3 Å². The number of ether oxygens (including phenoxy) is 1. The minimum absolute atomic E-state index is 0.0725. The van der Waals surface area contributed by atoms with Gasteiger partial charge >= 0.3 is 6.18 Å². The van der Waals surface area contributed by atoms with E-state index in [9.17, 15) is 22.8 Å². The highest BCUT2D eigenvalue weighted by Crippen LogP contribution is 2.37. The molecule has 0 atom stereocenters. The minimum atomic E-state index is -4.94. The van der Waals surface area contributed by atoms with E-state index in [0.717, 1.165) is 19.0 Å². The Balaban J connectivity index is 1.51. The summed E-state index contributed by atoms with van der Waals surface area (Å²) in [6.07, 6.45) is 0.274. The van der Waals surface area contributed by atoms with Gasteiger partial charge in [-0.25, -0.2) is 14.4 Å². The van der Waals surface area contributed by atoms with Crippen molar-refractivity contribution in [2.24, 2.45) is 0 Å². The number of halogens is 4. The van der Waals surface area contributed by atoms with Gasteiger partial charge < -0.3 is 29.7 Å². The van der Waals surface area contributed by atoms with Crippen LogP contribution in [0.3, 0.4) is 0 Å². The number of aromatic amines is 1. The molecule has 0 bridgehead atoms. The molecule has 0 unspecified atom stereocenters. The lowest BCUT2D eigenvalue weighted by Crippen LogP contribution is -2.42. The van der Waals surface area contributed by atoms with Crippen LogP contribution in [0.25, 0.3) is 11.1 Å². The number of anilines is 3. The summed E-state index contributed by atoms with van der Waals surface area (Å²) >= 11 is 0. The summed E-state index contributed by atoms with van der Waals surface area (Å²) in [6, 6.07) is 3.31. The van der Waals surface area contributed by atoms with Crippen LogP contribution in [0.15, 0.2) is 41.6 Å². The zero-order valence-corrected chi connectivity index (χ0v) is 23.2. The molecule has 3 aromatic rings. The van der Waals surface area contributed by atoms with Crippen molar-refractivity contribution in [1.29, 1.82) is 0 Å². The van der Waals surface area contributed by atoms with Gasteiger partial charge in [0.05, 0.1) is 35.7 Å². The van der Waals surface area contributed by atoms with Gasteiger partial charge in [-0.2, -0.15) is 13.2 Å². The number of carbonyl (C=O) groups is 1. The van der Waals surface area contributed by atoms with E-state index in [1.807, 2.05) is 23.9 Å². The summed E-state index contributed by atoms with van der Waals surface area (Å²) in [7, 11) is 3.96. The number of morpholine rings is 1. The highest BCUT2D eigenvalue weighted by Gasteiger charge is 2.36. The molecule has 0 radical (unpaired) electrons. The fraction of sp³-hybridized carbons (Fsp3) is 0.429. The van der Waals surface area contributed by atoms with E-state index in [1.54, 1.807) is 0 Å². The fourth-order valence-corrected chi connectivity index (χ4v) is 5.24. The van der Waals surface area contributed by atoms with Crippen LogP contribution in [-0.2, 0) is 10.9 Å². The highest BCUT2D eigenvalue weighted by molar-refractivity contribution is 6.07. The predicted octanol–water partition coefficient (Wildman–Crippen LogP) is 3.61. The van der Waals surface area contributed by atoms with Crippen LogP contribution in [0.2, 0.25) is 0 Å². The first-order valence-electron chi connectivity index (χ1n) is 13.5. The van der Waals surface area contributed by atoms with E-state index in [0.29, 0.717) is 68.7 Å². The van der Waals surface area contributed by atoms with Crippen molar-refractivity contribution >= 4 is 23.2 Å². The number of nitrogens with one attached hydrogen (secondary N) is 2. The second kappa shape index (κ2) is 12.1. The molecule has 224 valence electrons. The molecule has 1 amide bonds. The van der Waals surface area contributed by atoms with E-state index in [-0.39, 0.29) is 11.3 Å². The Morgan fingerprint density at radius 1 is 1.05 bits per heavy atom. The van der Waals surface area contributed by atoms with Crippen LogP contribution in [0.5, 0.6) is 0 Å². The quantitative estimate of drug-likeness (QED) is 0.421. The Hall–Kier alpha value is -4.04. The zero-order chi connectivity index (χ0) is 30.0. The largest absolute Gasteiger partial charge is 0.417 e. The molecule has 10 nitrogen and oxygen atoms in total. The molecule has 0 aliphatic carbocycles. The number of alkyl halides is 3. The molecule has 2 fully saturated rings. The molecule has 42 heavy (non-hydrogen) atoms. The third-order valence-electron chi connectivity index (χ3n) is 7.59. The van der Waals surface area contributed by atoms with Crippen molar-refractivity contribution in [3.63, 3.8) is 0 Å². The lowest BCUT2D eigenvalue weighted by atomic mass is 10.0. The Morgan fingerprint density at radius 3 is 2.33 bits per heavy atom. The number of H-pyrrole nitrogens is 1. The van der Waals surface area contributed by atoms with Gasteiger partial charge in [-0.15, -0.1) is 0 Å². The van der Waals surface area contributed by atoms with Gasteiger partial charge in [0.15, 0.2) is 0 Å². The number of amides is 1. The Kier molecular flexibility index (Phi) is 8.45. The first-order valence-corrected chi connectivity index (χ1v) is 13.5. The number of benzene rings is 1. The molecular weight excluding hydrogens is 558 g/mol. The number of hydrogen-bond donors (Lipinski definition) is 2. The molecule has 0 spiro atoms. The van der Waals surface area contributed by atoms with E-state index < -0.39 is 34.6 Å². The maximum atomic E-state index is 15.6. The Morgan fingerprint density at radius 2 is 1.71 bits per heavy atom. The Labute approximate surface area is 239 Å². The second-order valence-corrected chi connectivity index (χ2v) is 10.5.